The number of fused-ring (bicyclic) bond motifs is 1. The van der Waals surface area contributed by atoms with Crippen molar-refractivity contribution in [3.8, 4) is 5.75 Å². The van der Waals surface area contributed by atoms with Crippen molar-refractivity contribution in [1.82, 2.24) is 0 Å². The van der Waals surface area contributed by atoms with E-state index in [1.54, 1.807) is 12.1 Å². The number of rotatable bonds is 5. The number of amides is 1. The highest BCUT2D eigenvalue weighted by Gasteiger charge is 2.11. The Hall–Kier alpha value is -3.32. The molecule has 0 aliphatic carbocycles. The summed E-state index contributed by atoms with van der Waals surface area (Å²) in [5.74, 6) is 0.193. The van der Waals surface area contributed by atoms with E-state index in [1.807, 2.05) is 37.3 Å². The van der Waals surface area contributed by atoms with Gasteiger partial charge < -0.3 is 24.1 Å². The molecule has 1 aromatic heterocycles. The quantitative estimate of drug-likeness (QED) is 0.670. The molecule has 2 heterocycles. The van der Waals surface area contributed by atoms with Crippen LogP contribution in [0.15, 0.2) is 57.7 Å². The van der Waals surface area contributed by atoms with E-state index in [4.69, 9.17) is 13.9 Å². The van der Waals surface area contributed by atoms with Crippen molar-refractivity contribution in [2.75, 3.05) is 43.1 Å². The molecular formula is C22H22N2O5. The Morgan fingerprint density at radius 1 is 1.10 bits per heavy atom. The monoisotopic (exact) mass is 394 g/mol. The van der Waals surface area contributed by atoms with Crippen LogP contribution in [-0.2, 0) is 9.53 Å². The Morgan fingerprint density at radius 2 is 1.86 bits per heavy atom. The number of anilines is 2. The fraction of sp³-hybridized carbons (Fsp3) is 0.273. The van der Waals surface area contributed by atoms with Crippen molar-refractivity contribution in [1.29, 1.82) is 0 Å². The van der Waals surface area contributed by atoms with Crippen LogP contribution in [-0.4, -0.2) is 38.8 Å². The lowest BCUT2D eigenvalue weighted by molar-refractivity contribution is -0.118. The number of carbonyl (C=O) groups excluding carboxylic acids is 1. The van der Waals surface area contributed by atoms with Crippen molar-refractivity contribution < 1.29 is 18.7 Å². The van der Waals surface area contributed by atoms with Crippen LogP contribution >= 0.6 is 0 Å². The van der Waals surface area contributed by atoms with Crippen molar-refractivity contribution in [2.45, 2.75) is 6.92 Å². The third kappa shape index (κ3) is 4.57. The minimum absolute atomic E-state index is 0.146. The number of hydrogen-bond donors (Lipinski definition) is 1. The highest BCUT2D eigenvalue weighted by molar-refractivity contribution is 5.92. The third-order valence-corrected chi connectivity index (χ3v) is 4.82. The number of carbonyl (C=O) groups is 1. The van der Waals surface area contributed by atoms with Gasteiger partial charge in [0.2, 0.25) is 0 Å². The molecule has 0 atom stereocenters. The van der Waals surface area contributed by atoms with Crippen LogP contribution in [0.3, 0.4) is 0 Å². The first-order valence-corrected chi connectivity index (χ1v) is 9.48. The van der Waals surface area contributed by atoms with Gasteiger partial charge >= 0.3 is 5.63 Å². The lowest BCUT2D eigenvalue weighted by Gasteiger charge is -2.28. The average molecular weight is 394 g/mol. The lowest BCUT2D eigenvalue weighted by atomic mass is 10.1. The summed E-state index contributed by atoms with van der Waals surface area (Å²) in [5.41, 5.74) is 2.67. The lowest BCUT2D eigenvalue weighted by Crippen LogP contribution is -2.36. The maximum Gasteiger partial charge on any atom is 0.336 e. The Balaban J connectivity index is 1.35. The number of nitrogens with zero attached hydrogens (tertiary/aromatic N) is 1. The van der Waals surface area contributed by atoms with E-state index in [9.17, 15) is 9.59 Å². The number of benzene rings is 2. The van der Waals surface area contributed by atoms with Gasteiger partial charge in [-0.2, -0.15) is 0 Å². The van der Waals surface area contributed by atoms with E-state index in [0.717, 1.165) is 42.9 Å². The van der Waals surface area contributed by atoms with Crippen LogP contribution in [0, 0.1) is 6.92 Å². The van der Waals surface area contributed by atoms with E-state index in [-0.39, 0.29) is 12.5 Å². The topological polar surface area (TPSA) is 81.0 Å². The number of ether oxygens (including phenoxy) is 2. The molecule has 3 aromatic rings. The smallest absolute Gasteiger partial charge is 0.336 e. The molecule has 0 bridgehead atoms. The molecule has 0 unspecified atom stereocenters. The molecule has 1 aliphatic rings. The molecule has 1 aliphatic heterocycles. The largest absolute Gasteiger partial charge is 0.484 e. The van der Waals surface area contributed by atoms with Crippen molar-refractivity contribution in [3.63, 3.8) is 0 Å². The minimum Gasteiger partial charge on any atom is -0.484 e. The SMILES string of the molecule is Cc1cc(=O)oc2cc(OCC(=O)Nc3ccc(N4CCOCC4)cc3)ccc12. The summed E-state index contributed by atoms with van der Waals surface area (Å²) in [4.78, 5) is 26.0. The highest BCUT2D eigenvalue weighted by Crippen LogP contribution is 2.22. The second-order valence-corrected chi connectivity index (χ2v) is 6.89. The van der Waals surface area contributed by atoms with E-state index in [1.165, 1.54) is 6.07 Å². The van der Waals surface area contributed by atoms with Gasteiger partial charge in [0.15, 0.2) is 6.61 Å². The van der Waals surface area contributed by atoms with Crippen LogP contribution in [0.25, 0.3) is 11.0 Å². The Morgan fingerprint density at radius 3 is 2.62 bits per heavy atom. The maximum atomic E-state index is 12.2. The molecule has 1 fully saturated rings. The molecule has 1 N–H and O–H groups in total. The van der Waals surface area contributed by atoms with Crippen LogP contribution in [0.5, 0.6) is 5.75 Å². The summed E-state index contributed by atoms with van der Waals surface area (Å²) in [6.45, 7) is 4.89. The molecular weight excluding hydrogens is 372 g/mol. The first kappa shape index (κ1) is 19.0. The highest BCUT2D eigenvalue weighted by atomic mass is 16.5. The standard InChI is InChI=1S/C22H22N2O5/c1-15-12-22(26)29-20-13-18(6-7-19(15)20)28-14-21(25)23-16-2-4-17(5-3-16)24-8-10-27-11-9-24/h2-7,12-13H,8-11,14H2,1H3,(H,23,25). The van der Waals surface area contributed by atoms with E-state index in [0.29, 0.717) is 17.0 Å². The van der Waals surface area contributed by atoms with Crippen molar-refractivity contribution in [3.05, 3.63) is 64.5 Å². The summed E-state index contributed by atoms with van der Waals surface area (Å²) >= 11 is 0. The molecule has 2 aromatic carbocycles. The van der Waals surface area contributed by atoms with Gasteiger partial charge in [-0.05, 0) is 48.9 Å². The Kier molecular flexibility index (Phi) is 5.48. The second-order valence-electron chi connectivity index (χ2n) is 6.89. The molecule has 29 heavy (non-hydrogen) atoms. The number of nitrogens with one attached hydrogen (secondary N) is 1. The fourth-order valence-corrected chi connectivity index (χ4v) is 3.32. The second kappa shape index (κ2) is 8.36. The van der Waals surface area contributed by atoms with Gasteiger partial charge in [-0.1, -0.05) is 0 Å². The molecule has 0 saturated carbocycles. The van der Waals surface area contributed by atoms with Gasteiger partial charge in [-0.3, -0.25) is 4.79 Å². The zero-order chi connectivity index (χ0) is 20.2. The first-order valence-electron chi connectivity index (χ1n) is 9.48. The maximum absolute atomic E-state index is 12.2. The predicted octanol–water partition coefficient (Wildman–Crippen LogP) is 2.96. The number of morpholine rings is 1. The average Bonchev–Trinajstić information content (AvgIpc) is 2.73. The van der Waals surface area contributed by atoms with Gasteiger partial charge in [0, 0.05) is 42.0 Å². The third-order valence-electron chi connectivity index (χ3n) is 4.82. The summed E-state index contributed by atoms with van der Waals surface area (Å²) in [6, 6.07) is 14.3. The zero-order valence-electron chi connectivity index (χ0n) is 16.1. The normalized spacial score (nSPS) is 14.0. The number of aryl methyl sites for hydroxylation is 1. The summed E-state index contributed by atoms with van der Waals surface area (Å²) in [7, 11) is 0. The van der Waals surface area contributed by atoms with Gasteiger partial charge in [-0.25, -0.2) is 4.79 Å². The Labute approximate surface area is 167 Å². The zero-order valence-corrected chi connectivity index (χ0v) is 16.1. The van der Waals surface area contributed by atoms with E-state index < -0.39 is 5.63 Å². The predicted molar refractivity (Wildman–Crippen MR) is 111 cm³/mol. The fourth-order valence-electron chi connectivity index (χ4n) is 3.32. The molecule has 0 spiro atoms. The van der Waals surface area contributed by atoms with Crippen LogP contribution in [0.4, 0.5) is 11.4 Å². The summed E-state index contributed by atoms with van der Waals surface area (Å²) < 4.78 is 16.1. The minimum atomic E-state index is -0.412. The molecule has 1 saturated heterocycles. The first-order chi connectivity index (χ1) is 14.1. The molecule has 7 heteroatoms. The van der Waals surface area contributed by atoms with Gasteiger partial charge in [0.25, 0.3) is 5.91 Å². The molecule has 7 nitrogen and oxygen atoms in total. The summed E-state index contributed by atoms with van der Waals surface area (Å²) in [5, 5.41) is 3.65. The molecule has 1 amide bonds. The Bertz CT molecular complexity index is 1070. The van der Waals surface area contributed by atoms with Gasteiger partial charge in [0.1, 0.15) is 11.3 Å². The molecule has 150 valence electrons. The molecule has 0 radical (unpaired) electrons. The van der Waals surface area contributed by atoms with Crippen molar-refractivity contribution >= 4 is 28.3 Å². The van der Waals surface area contributed by atoms with Crippen LogP contribution in [0.1, 0.15) is 5.56 Å². The van der Waals surface area contributed by atoms with Gasteiger partial charge in [0.05, 0.1) is 13.2 Å². The summed E-state index contributed by atoms with van der Waals surface area (Å²) in [6.07, 6.45) is 0. The van der Waals surface area contributed by atoms with E-state index in [2.05, 4.69) is 10.2 Å². The molecule has 4 rings (SSSR count). The number of hydrogen-bond acceptors (Lipinski definition) is 6. The van der Waals surface area contributed by atoms with Gasteiger partial charge in [-0.15, -0.1) is 0 Å². The van der Waals surface area contributed by atoms with Crippen molar-refractivity contribution in [2.24, 2.45) is 0 Å². The van der Waals surface area contributed by atoms with E-state index >= 15 is 0 Å². The van der Waals surface area contributed by atoms with Crippen LogP contribution in [0.2, 0.25) is 0 Å². The van der Waals surface area contributed by atoms with Crippen LogP contribution < -0.4 is 20.6 Å².